The first-order chi connectivity index (χ1) is 14.9. The van der Waals surface area contributed by atoms with Gasteiger partial charge in [-0.05, 0) is 12.5 Å². The number of nitro benzene ring substituents is 1. The zero-order valence-corrected chi connectivity index (χ0v) is 16.6. The van der Waals surface area contributed by atoms with Crippen LogP contribution in [0.15, 0.2) is 47.2 Å². The first-order valence-electron chi connectivity index (χ1n) is 9.44. The van der Waals surface area contributed by atoms with Gasteiger partial charge in [0.2, 0.25) is 0 Å². The number of hydrogen-bond acceptors (Lipinski definition) is 8. The largest absolute Gasteiger partial charge is 0.450 e. The Bertz CT molecular complexity index is 1120. The van der Waals surface area contributed by atoms with Crippen LogP contribution in [0.2, 0.25) is 0 Å². The van der Waals surface area contributed by atoms with E-state index in [9.17, 15) is 30.7 Å². The summed E-state index contributed by atoms with van der Waals surface area (Å²) in [6.45, 7) is 1.96. The van der Waals surface area contributed by atoms with E-state index in [-0.39, 0.29) is 42.2 Å². The third-order valence-corrected chi connectivity index (χ3v) is 5.66. The van der Waals surface area contributed by atoms with E-state index in [1.54, 1.807) is 19.1 Å². The summed E-state index contributed by atoms with van der Waals surface area (Å²) >= 11 is 0. The average Bonchev–Trinajstić information content (AvgIpc) is 2.78. The second kappa shape index (κ2) is 8.17. The maximum absolute atomic E-state index is 12.3. The number of carbonyl (C=O) groups excluding carboxylic acids is 1. The fraction of sp³-hybridized carbons (Fsp3) is 0.333. The van der Waals surface area contributed by atoms with E-state index in [1.165, 1.54) is 23.1 Å². The van der Waals surface area contributed by atoms with Crippen LogP contribution in [0.1, 0.15) is 18.4 Å². The van der Waals surface area contributed by atoms with E-state index in [2.05, 4.69) is 0 Å². The number of hydrogen-bond donors (Lipinski definition) is 1. The van der Waals surface area contributed by atoms with Crippen LogP contribution >= 0.6 is 0 Å². The molecule has 0 aromatic heterocycles. The fourth-order valence-corrected chi connectivity index (χ4v) is 4.30. The van der Waals surface area contributed by atoms with Gasteiger partial charge in [-0.2, -0.15) is 15.8 Å². The van der Waals surface area contributed by atoms with Gasteiger partial charge in [0.1, 0.15) is 6.07 Å². The zero-order valence-electron chi connectivity index (χ0n) is 16.6. The molecular formula is C21H18N6O4. The number of para-hydroxylation sites is 1. The van der Waals surface area contributed by atoms with Crippen molar-refractivity contribution < 1.29 is 14.5 Å². The van der Waals surface area contributed by atoms with Gasteiger partial charge in [-0.1, -0.05) is 24.3 Å². The Morgan fingerprint density at radius 3 is 2.61 bits per heavy atom. The molecule has 3 rings (SSSR count). The first kappa shape index (κ1) is 21.4. The minimum atomic E-state index is -2.03. The summed E-state index contributed by atoms with van der Waals surface area (Å²) in [7, 11) is 0. The van der Waals surface area contributed by atoms with Crippen molar-refractivity contribution in [3.8, 4) is 18.2 Å². The van der Waals surface area contributed by atoms with Crippen molar-refractivity contribution in [2.75, 3.05) is 19.7 Å². The molecule has 1 amide bonds. The van der Waals surface area contributed by atoms with E-state index >= 15 is 0 Å². The van der Waals surface area contributed by atoms with Crippen molar-refractivity contribution in [3.63, 3.8) is 0 Å². The molecule has 2 unspecified atom stereocenters. The summed E-state index contributed by atoms with van der Waals surface area (Å²) in [5.74, 6) is -1.83. The summed E-state index contributed by atoms with van der Waals surface area (Å²) in [5.41, 5.74) is 4.23. The lowest BCUT2D eigenvalue weighted by Gasteiger charge is -2.45. The molecule has 10 heteroatoms. The van der Waals surface area contributed by atoms with E-state index in [0.717, 1.165) is 0 Å². The van der Waals surface area contributed by atoms with E-state index in [0.29, 0.717) is 5.57 Å². The summed E-state index contributed by atoms with van der Waals surface area (Å²) in [5, 5.41) is 41.5. The Kier molecular flexibility index (Phi) is 5.63. The van der Waals surface area contributed by atoms with Crippen molar-refractivity contribution in [1.29, 1.82) is 15.8 Å². The van der Waals surface area contributed by atoms with Gasteiger partial charge in [0.15, 0.2) is 5.41 Å². The number of rotatable bonds is 3. The lowest BCUT2D eigenvalue weighted by atomic mass is 9.58. The highest BCUT2D eigenvalue weighted by molar-refractivity contribution is 5.69. The number of fused-ring (bicyclic) bond motifs is 1. The summed E-state index contributed by atoms with van der Waals surface area (Å²) in [4.78, 5) is 24.8. The standard InChI is InChI=1S/C21H18N6O4/c1-2-31-20(28)26-8-7-13-15(9-22)19(25)21(11-23,12-24)18(16(13)10-26)14-5-3-4-6-17(14)27(29)30/h3-7,16,18H,2,8,10,25H2,1H3. The number of ether oxygens (including phenoxy) is 1. The van der Waals surface area contributed by atoms with Gasteiger partial charge in [-0.25, -0.2) is 4.79 Å². The Morgan fingerprint density at radius 1 is 1.35 bits per heavy atom. The van der Waals surface area contributed by atoms with Gasteiger partial charge in [0.25, 0.3) is 5.69 Å². The molecule has 0 radical (unpaired) electrons. The first-order valence-corrected chi connectivity index (χ1v) is 9.44. The van der Waals surface area contributed by atoms with Crippen LogP contribution in [-0.4, -0.2) is 35.6 Å². The number of nitrogens with two attached hydrogens (primary N) is 1. The van der Waals surface area contributed by atoms with Gasteiger partial charge >= 0.3 is 6.09 Å². The second-order valence-corrected chi connectivity index (χ2v) is 7.10. The van der Waals surface area contributed by atoms with Gasteiger partial charge in [0.05, 0.1) is 34.9 Å². The lowest BCUT2D eigenvalue weighted by molar-refractivity contribution is -0.385. The molecule has 2 aliphatic rings. The summed E-state index contributed by atoms with van der Waals surface area (Å²) < 4.78 is 5.06. The van der Waals surface area contributed by atoms with Gasteiger partial charge < -0.3 is 15.4 Å². The maximum Gasteiger partial charge on any atom is 0.410 e. The minimum Gasteiger partial charge on any atom is -0.450 e. The van der Waals surface area contributed by atoms with Crippen LogP contribution in [0.5, 0.6) is 0 Å². The third kappa shape index (κ3) is 3.23. The number of amides is 1. The van der Waals surface area contributed by atoms with Gasteiger partial charge in [-0.3, -0.25) is 10.1 Å². The molecule has 0 bridgehead atoms. The van der Waals surface area contributed by atoms with Crippen LogP contribution in [0.3, 0.4) is 0 Å². The maximum atomic E-state index is 12.3. The van der Waals surface area contributed by atoms with Crippen molar-refractivity contribution in [2.24, 2.45) is 17.1 Å². The van der Waals surface area contributed by atoms with Crippen LogP contribution in [-0.2, 0) is 4.74 Å². The molecule has 0 fully saturated rings. The molecule has 0 saturated heterocycles. The number of nitrogens with zero attached hydrogens (tertiary/aromatic N) is 5. The molecule has 1 aliphatic carbocycles. The van der Waals surface area contributed by atoms with Gasteiger partial charge in [-0.15, -0.1) is 0 Å². The number of benzene rings is 1. The summed E-state index contributed by atoms with van der Waals surface area (Å²) in [6.07, 6.45) is 1.02. The minimum absolute atomic E-state index is 0.00491. The Balaban J connectivity index is 2.31. The van der Waals surface area contributed by atoms with Crippen LogP contribution < -0.4 is 5.73 Å². The number of nitriles is 3. The molecule has 10 nitrogen and oxygen atoms in total. The quantitative estimate of drug-likeness (QED) is 0.576. The number of nitro groups is 1. The number of allylic oxidation sites excluding steroid dienone is 2. The third-order valence-electron chi connectivity index (χ3n) is 5.66. The summed E-state index contributed by atoms with van der Waals surface area (Å²) in [6, 6.07) is 11.6. The zero-order chi connectivity index (χ0) is 22.8. The van der Waals surface area contributed by atoms with Crippen LogP contribution in [0.25, 0.3) is 0 Å². The van der Waals surface area contributed by atoms with E-state index in [4.69, 9.17) is 10.5 Å². The second-order valence-electron chi connectivity index (χ2n) is 7.10. The predicted octanol–water partition coefficient (Wildman–Crippen LogP) is 2.48. The van der Waals surface area contributed by atoms with Crippen molar-refractivity contribution in [2.45, 2.75) is 12.8 Å². The highest BCUT2D eigenvalue weighted by Gasteiger charge is 2.56. The van der Waals surface area contributed by atoms with Crippen molar-refractivity contribution in [3.05, 3.63) is 62.9 Å². The molecule has 1 heterocycles. The monoisotopic (exact) mass is 418 g/mol. The van der Waals surface area contributed by atoms with Crippen molar-refractivity contribution >= 4 is 11.8 Å². The molecule has 1 aliphatic heterocycles. The predicted molar refractivity (Wildman–Crippen MR) is 106 cm³/mol. The Morgan fingerprint density at radius 2 is 2.03 bits per heavy atom. The van der Waals surface area contributed by atoms with Gasteiger partial charge in [0, 0.05) is 36.6 Å². The van der Waals surface area contributed by atoms with Crippen LogP contribution in [0, 0.1) is 55.4 Å². The average molecular weight is 418 g/mol. The Labute approximate surface area is 178 Å². The fourth-order valence-electron chi connectivity index (χ4n) is 4.30. The molecule has 31 heavy (non-hydrogen) atoms. The molecule has 2 N–H and O–H groups in total. The molecule has 1 aromatic rings. The molecule has 0 spiro atoms. The highest BCUT2D eigenvalue weighted by atomic mass is 16.6. The Hall–Kier alpha value is -4.36. The number of carbonyl (C=O) groups is 1. The van der Waals surface area contributed by atoms with E-state index < -0.39 is 28.3 Å². The highest BCUT2D eigenvalue weighted by Crippen LogP contribution is 2.55. The molecular weight excluding hydrogens is 400 g/mol. The molecule has 0 saturated carbocycles. The van der Waals surface area contributed by atoms with E-state index in [1.807, 2.05) is 18.2 Å². The smallest absolute Gasteiger partial charge is 0.410 e. The SMILES string of the molecule is CCOC(=O)N1CC=C2C(C#N)=C(N)C(C#N)(C#N)C(c3ccccc3[N+](=O)[O-])C2C1. The normalized spacial score (nSPS) is 21.6. The molecule has 1 aromatic carbocycles. The molecule has 2 atom stereocenters. The lowest BCUT2D eigenvalue weighted by Crippen LogP contribution is -2.49. The topological polar surface area (TPSA) is 170 Å². The van der Waals surface area contributed by atoms with Crippen LogP contribution in [0.4, 0.5) is 10.5 Å². The van der Waals surface area contributed by atoms with Crippen molar-refractivity contribution in [1.82, 2.24) is 4.90 Å². The molecule has 156 valence electrons.